The van der Waals surface area contributed by atoms with E-state index in [2.05, 4.69) is 10.5 Å². The van der Waals surface area contributed by atoms with Crippen molar-refractivity contribution in [3.8, 4) is 0 Å². The number of aryl methyl sites for hydroxylation is 1. The number of para-hydroxylation sites is 1. The Bertz CT molecular complexity index is 745. The summed E-state index contributed by atoms with van der Waals surface area (Å²) in [5, 5.41) is 14.7. The van der Waals surface area contributed by atoms with Crippen LogP contribution in [0, 0.1) is 17.0 Å². The number of carbonyl (C=O) groups is 1. The largest absolute Gasteiger partial charge is 0.278 e. The molecular formula is C17H17N3O3S. The van der Waals surface area contributed by atoms with Crippen molar-refractivity contribution in [1.82, 2.24) is 5.43 Å². The third-order valence-corrected chi connectivity index (χ3v) is 4.16. The summed E-state index contributed by atoms with van der Waals surface area (Å²) in [6, 6.07) is 14.3. The monoisotopic (exact) mass is 343 g/mol. The highest BCUT2D eigenvalue weighted by Crippen LogP contribution is 2.19. The van der Waals surface area contributed by atoms with Crippen molar-refractivity contribution < 1.29 is 9.72 Å². The van der Waals surface area contributed by atoms with E-state index in [0.29, 0.717) is 17.7 Å². The lowest BCUT2D eigenvalue weighted by Crippen LogP contribution is -2.17. The van der Waals surface area contributed by atoms with Gasteiger partial charge in [0.1, 0.15) is 0 Å². The normalized spacial score (nSPS) is 10.7. The van der Waals surface area contributed by atoms with Crippen molar-refractivity contribution in [3.05, 3.63) is 69.8 Å². The maximum atomic E-state index is 11.7. The van der Waals surface area contributed by atoms with E-state index in [9.17, 15) is 14.9 Å². The molecule has 0 fully saturated rings. The van der Waals surface area contributed by atoms with Crippen LogP contribution in [0.5, 0.6) is 0 Å². The Hall–Kier alpha value is -2.67. The fourth-order valence-electron chi connectivity index (χ4n) is 1.89. The van der Waals surface area contributed by atoms with Crippen LogP contribution in [0.4, 0.5) is 5.69 Å². The number of amides is 1. The molecule has 0 bridgehead atoms. The number of hydrogen-bond acceptors (Lipinski definition) is 5. The van der Waals surface area contributed by atoms with Crippen LogP contribution >= 0.6 is 11.8 Å². The number of hydrazone groups is 1. The van der Waals surface area contributed by atoms with E-state index in [1.807, 2.05) is 31.2 Å². The maximum absolute atomic E-state index is 11.7. The number of hydrogen-bond donors (Lipinski definition) is 1. The first kappa shape index (κ1) is 17.7. The minimum Gasteiger partial charge on any atom is -0.273 e. The van der Waals surface area contributed by atoms with Crippen LogP contribution < -0.4 is 5.43 Å². The second-order valence-corrected chi connectivity index (χ2v) is 6.19. The van der Waals surface area contributed by atoms with Gasteiger partial charge in [-0.05, 0) is 25.1 Å². The molecule has 0 atom stereocenters. The number of rotatable bonds is 7. The number of thioether (sulfide) groups is 1. The van der Waals surface area contributed by atoms with Crippen molar-refractivity contribution in [2.75, 3.05) is 5.75 Å². The predicted octanol–water partition coefficient (Wildman–Crippen LogP) is 3.54. The van der Waals surface area contributed by atoms with E-state index in [1.54, 1.807) is 30.0 Å². The number of nitro groups is 1. The van der Waals surface area contributed by atoms with E-state index in [-0.39, 0.29) is 11.6 Å². The molecule has 0 aliphatic heterocycles. The molecule has 0 aliphatic rings. The summed E-state index contributed by atoms with van der Waals surface area (Å²) in [5.41, 5.74) is 3.88. The van der Waals surface area contributed by atoms with Gasteiger partial charge in [-0.3, -0.25) is 14.9 Å². The third-order valence-electron chi connectivity index (χ3n) is 3.15. The summed E-state index contributed by atoms with van der Waals surface area (Å²) in [4.78, 5) is 23.2. The predicted molar refractivity (Wildman–Crippen MR) is 95.4 cm³/mol. The lowest BCUT2D eigenvalue weighted by molar-refractivity contribution is -0.385. The average Bonchev–Trinajstić information content (AvgIpc) is 2.57. The molecule has 24 heavy (non-hydrogen) atoms. The van der Waals surface area contributed by atoms with Gasteiger partial charge in [0.15, 0.2) is 0 Å². The molecule has 0 radical (unpaired) electrons. The SMILES string of the molecule is Cc1ccc(SCCC(=O)N/N=C\c2ccccc2[N+](=O)[O-])cc1. The molecular weight excluding hydrogens is 326 g/mol. The minimum absolute atomic E-state index is 0.0505. The Morgan fingerprint density at radius 1 is 1.25 bits per heavy atom. The molecule has 1 amide bonds. The quantitative estimate of drug-likeness (QED) is 0.361. The van der Waals surface area contributed by atoms with Crippen LogP contribution in [0.2, 0.25) is 0 Å². The van der Waals surface area contributed by atoms with Gasteiger partial charge in [-0.2, -0.15) is 5.10 Å². The van der Waals surface area contributed by atoms with Crippen LogP contribution in [0.3, 0.4) is 0 Å². The highest BCUT2D eigenvalue weighted by molar-refractivity contribution is 7.99. The summed E-state index contributed by atoms with van der Waals surface area (Å²) in [6.07, 6.45) is 1.59. The van der Waals surface area contributed by atoms with Crippen molar-refractivity contribution in [2.45, 2.75) is 18.2 Å². The smallest absolute Gasteiger partial charge is 0.273 e. The number of nitrogens with one attached hydrogen (secondary N) is 1. The summed E-state index contributed by atoms with van der Waals surface area (Å²) in [7, 11) is 0. The minimum atomic E-state index is -0.485. The molecule has 2 aromatic carbocycles. The van der Waals surface area contributed by atoms with Gasteiger partial charge in [0.05, 0.1) is 16.7 Å². The zero-order valence-electron chi connectivity index (χ0n) is 13.1. The maximum Gasteiger partial charge on any atom is 0.278 e. The molecule has 6 nitrogen and oxygen atoms in total. The molecule has 0 aliphatic carbocycles. The average molecular weight is 343 g/mol. The van der Waals surface area contributed by atoms with Gasteiger partial charge in [-0.25, -0.2) is 5.43 Å². The van der Waals surface area contributed by atoms with Crippen LogP contribution in [0.1, 0.15) is 17.5 Å². The van der Waals surface area contributed by atoms with E-state index < -0.39 is 4.92 Å². The van der Waals surface area contributed by atoms with Gasteiger partial charge < -0.3 is 0 Å². The summed E-state index contributed by atoms with van der Waals surface area (Å²) >= 11 is 1.59. The van der Waals surface area contributed by atoms with Crippen molar-refractivity contribution in [3.63, 3.8) is 0 Å². The molecule has 0 aromatic heterocycles. The second kappa shape index (κ2) is 8.83. The van der Waals surface area contributed by atoms with Crippen LogP contribution in [0.25, 0.3) is 0 Å². The molecule has 0 saturated heterocycles. The van der Waals surface area contributed by atoms with Gasteiger partial charge in [0.25, 0.3) is 5.69 Å². The molecule has 2 aromatic rings. The summed E-state index contributed by atoms with van der Waals surface area (Å²) in [6.45, 7) is 2.02. The van der Waals surface area contributed by atoms with Gasteiger partial charge >= 0.3 is 0 Å². The third kappa shape index (κ3) is 5.51. The number of benzene rings is 2. The number of carbonyl (C=O) groups excluding carboxylic acids is 1. The van der Waals surface area contributed by atoms with E-state index in [4.69, 9.17) is 0 Å². The summed E-state index contributed by atoms with van der Waals surface area (Å²) in [5.74, 6) is 0.403. The molecule has 2 rings (SSSR count). The molecule has 0 heterocycles. The van der Waals surface area contributed by atoms with Crippen LogP contribution in [-0.4, -0.2) is 22.8 Å². The zero-order valence-corrected chi connectivity index (χ0v) is 14.0. The molecule has 124 valence electrons. The first-order chi connectivity index (χ1) is 11.6. The number of nitro benzene ring substituents is 1. The number of nitrogens with zero attached hydrogens (tertiary/aromatic N) is 2. The van der Waals surface area contributed by atoms with Crippen LogP contribution in [-0.2, 0) is 4.79 Å². The fraction of sp³-hybridized carbons (Fsp3) is 0.176. The standard InChI is InChI=1S/C17H17N3O3S/c1-13-6-8-15(9-7-13)24-11-10-17(21)19-18-12-14-4-2-3-5-16(14)20(22)23/h2-9,12H,10-11H2,1H3,(H,19,21)/b18-12-. The zero-order chi connectivity index (χ0) is 17.4. The lowest BCUT2D eigenvalue weighted by atomic mass is 10.2. The first-order valence-electron chi connectivity index (χ1n) is 7.31. The van der Waals surface area contributed by atoms with Crippen molar-refractivity contribution >= 4 is 29.6 Å². The Balaban J connectivity index is 1.79. The molecule has 7 heteroatoms. The van der Waals surface area contributed by atoms with E-state index in [0.717, 1.165) is 4.90 Å². The van der Waals surface area contributed by atoms with E-state index in [1.165, 1.54) is 17.8 Å². The molecule has 0 saturated carbocycles. The van der Waals surface area contributed by atoms with E-state index >= 15 is 0 Å². The van der Waals surface area contributed by atoms with Gasteiger partial charge in [0.2, 0.25) is 5.91 Å². The van der Waals surface area contributed by atoms with Gasteiger partial charge in [-0.1, -0.05) is 29.8 Å². The fourth-order valence-corrected chi connectivity index (χ4v) is 2.74. The Labute approximate surface area is 144 Å². The highest BCUT2D eigenvalue weighted by atomic mass is 32.2. The second-order valence-electron chi connectivity index (χ2n) is 5.02. The lowest BCUT2D eigenvalue weighted by Gasteiger charge is -2.02. The van der Waals surface area contributed by atoms with Gasteiger partial charge in [0, 0.05) is 23.1 Å². The van der Waals surface area contributed by atoms with Crippen molar-refractivity contribution in [1.29, 1.82) is 0 Å². The molecule has 0 unspecified atom stereocenters. The Morgan fingerprint density at radius 2 is 1.96 bits per heavy atom. The van der Waals surface area contributed by atoms with Crippen molar-refractivity contribution in [2.24, 2.45) is 5.10 Å². The van der Waals surface area contributed by atoms with Gasteiger partial charge in [-0.15, -0.1) is 11.8 Å². The Kier molecular flexibility index (Phi) is 6.51. The molecule has 0 spiro atoms. The molecule has 1 N–H and O–H groups in total. The summed E-state index contributed by atoms with van der Waals surface area (Å²) < 4.78 is 0. The first-order valence-corrected chi connectivity index (χ1v) is 8.29. The topological polar surface area (TPSA) is 84.6 Å². The highest BCUT2D eigenvalue weighted by Gasteiger charge is 2.10. The van der Waals surface area contributed by atoms with Crippen LogP contribution in [0.15, 0.2) is 58.5 Å². The Morgan fingerprint density at radius 3 is 2.67 bits per heavy atom.